The van der Waals surface area contributed by atoms with E-state index in [-0.39, 0.29) is 17.1 Å². The zero-order valence-corrected chi connectivity index (χ0v) is 10.7. The fourth-order valence-corrected chi connectivity index (χ4v) is 1.79. The van der Waals surface area contributed by atoms with Gasteiger partial charge in [-0.2, -0.15) is 13.2 Å². The van der Waals surface area contributed by atoms with Crippen LogP contribution in [0, 0.1) is 0 Å². The maximum atomic E-state index is 12.6. The molecule has 0 aliphatic heterocycles. The SMILES string of the molecule is COc1cc([C@H](N)C(F)(F)F)c(OC)cc1Br. The molecule has 0 aromatic heterocycles. The molecular weight excluding hydrogens is 303 g/mol. The maximum Gasteiger partial charge on any atom is 0.407 e. The van der Waals surface area contributed by atoms with Crippen molar-refractivity contribution in [2.75, 3.05) is 14.2 Å². The highest BCUT2D eigenvalue weighted by Gasteiger charge is 2.39. The first-order valence-corrected chi connectivity index (χ1v) is 5.34. The van der Waals surface area contributed by atoms with Crippen molar-refractivity contribution in [1.29, 1.82) is 0 Å². The molecule has 2 N–H and O–H groups in total. The van der Waals surface area contributed by atoms with Gasteiger partial charge >= 0.3 is 6.18 Å². The third kappa shape index (κ3) is 3.04. The van der Waals surface area contributed by atoms with Gasteiger partial charge in [-0.3, -0.25) is 0 Å². The molecule has 96 valence electrons. The van der Waals surface area contributed by atoms with Crippen molar-refractivity contribution in [3.63, 3.8) is 0 Å². The Morgan fingerprint density at radius 1 is 1.18 bits per heavy atom. The molecule has 0 saturated carbocycles. The summed E-state index contributed by atoms with van der Waals surface area (Å²) in [5.74, 6) is 0.322. The van der Waals surface area contributed by atoms with Gasteiger partial charge in [0.25, 0.3) is 0 Å². The van der Waals surface area contributed by atoms with E-state index in [2.05, 4.69) is 15.9 Å². The van der Waals surface area contributed by atoms with Crippen LogP contribution in [-0.4, -0.2) is 20.4 Å². The average Bonchev–Trinajstić information content (AvgIpc) is 2.26. The number of rotatable bonds is 3. The quantitative estimate of drug-likeness (QED) is 0.933. The summed E-state index contributed by atoms with van der Waals surface area (Å²) in [6.45, 7) is 0. The highest BCUT2D eigenvalue weighted by atomic mass is 79.9. The zero-order chi connectivity index (χ0) is 13.2. The van der Waals surface area contributed by atoms with E-state index in [0.29, 0.717) is 4.47 Å². The van der Waals surface area contributed by atoms with Crippen molar-refractivity contribution in [2.24, 2.45) is 5.73 Å². The molecule has 0 saturated heterocycles. The monoisotopic (exact) mass is 313 g/mol. The second kappa shape index (κ2) is 5.14. The van der Waals surface area contributed by atoms with Gasteiger partial charge in [0.1, 0.15) is 17.5 Å². The maximum absolute atomic E-state index is 12.6. The molecule has 0 unspecified atom stereocenters. The molecule has 0 fully saturated rings. The van der Waals surface area contributed by atoms with Crippen molar-refractivity contribution in [2.45, 2.75) is 12.2 Å². The van der Waals surface area contributed by atoms with E-state index in [1.165, 1.54) is 26.4 Å². The Labute approximate surface area is 105 Å². The lowest BCUT2D eigenvalue weighted by Crippen LogP contribution is -2.28. The van der Waals surface area contributed by atoms with Gasteiger partial charge in [0.2, 0.25) is 0 Å². The lowest BCUT2D eigenvalue weighted by molar-refractivity contribution is -0.149. The summed E-state index contributed by atoms with van der Waals surface area (Å²) in [6.07, 6.45) is -4.54. The van der Waals surface area contributed by atoms with Gasteiger partial charge in [-0.25, -0.2) is 0 Å². The number of hydrogen-bond acceptors (Lipinski definition) is 3. The van der Waals surface area contributed by atoms with E-state index in [0.717, 1.165) is 0 Å². The molecule has 0 spiro atoms. The van der Waals surface area contributed by atoms with Crippen LogP contribution in [-0.2, 0) is 0 Å². The highest BCUT2D eigenvalue weighted by molar-refractivity contribution is 9.10. The number of hydrogen-bond donors (Lipinski definition) is 1. The number of ether oxygens (including phenoxy) is 2. The van der Waals surface area contributed by atoms with Crippen LogP contribution in [0.3, 0.4) is 0 Å². The molecular formula is C10H11BrF3NO2. The third-order valence-electron chi connectivity index (χ3n) is 2.19. The molecule has 1 aromatic rings. The minimum Gasteiger partial charge on any atom is -0.496 e. The van der Waals surface area contributed by atoms with E-state index in [9.17, 15) is 13.2 Å². The van der Waals surface area contributed by atoms with Crippen molar-refractivity contribution in [1.82, 2.24) is 0 Å². The smallest absolute Gasteiger partial charge is 0.407 e. The van der Waals surface area contributed by atoms with E-state index in [4.69, 9.17) is 15.2 Å². The van der Waals surface area contributed by atoms with Crippen LogP contribution in [0.4, 0.5) is 13.2 Å². The summed E-state index contributed by atoms with van der Waals surface area (Å²) >= 11 is 3.15. The molecule has 1 rings (SSSR count). The van der Waals surface area contributed by atoms with Gasteiger partial charge < -0.3 is 15.2 Å². The Balaban J connectivity index is 3.30. The Hall–Kier alpha value is -0.950. The molecule has 0 radical (unpaired) electrons. The zero-order valence-electron chi connectivity index (χ0n) is 9.14. The highest BCUT2D eigenvalue weighted by Crippen LogP contribution is 2.40. The van der Waals surface area contributed by atoms with Crippen LogP contribution < -0.4 is 15.2 Å². The summed E-state index contributed by atoms with van der Waals surface area (Å²) in [6, 6.07) is 0.486. The number of halogens is 4. The fraction of sp³-hybridized carbons (Fsp3) is 0.400. The van der Waals surface area contributed by atoms with E-state index in [1.807, 2.05) is 0 Å². The Morgan fingerprint density at radius 3 is 2.12 bits per heavy atom. The molecule has 0 bridgehead atoms. The summed E-state index contributed by atoms with van der Waals surface area (Å²) in [4.78, 5) is 0. The first-order chi connectivity index (χ1) is 7.81. The van der Waals surface area contributed by atoms with Crippen molar-refractivity contribution in [3.8, 4) is 11.5 Å². The summed E-state index contributed by atoms with van der Waals surface area (Å²) < 4.78 is 48.0. The normalized spacial score (nSPS) is 13.4. The summed E-state index contributed by atoms with van der Waals surface area (Å²) in [5, 5.41) is 0. The topological polar surface area (TPSA) is 44.5 Å². The summed E-state index contributed by atoms with van der Waals surface area (Å²) in [7, 11) is 2.64. The number of alkyl halides is 3. The Bertz CT molecular complexity index is 409. The average molecular weight is 314 g/mol. The van der Waals surface area contributed by atoms with Crippen molar-refractivity contribution in [3.05, 3.63) is 22.2 Å². The lowest BCUT2D eigenvalue weighted by atomic mass is 10.1. The number of methoxy groups -OCH3 is 2. The van der Waals surface area contributed by atoms with Gasteiger partial charge in [-0.1, -0.05) is 0 Å². The van der Waals surface area contributed by atoms with Crippen LogP contribution in [0.25, 0.3) is 0 Å². The van der Waals surface area contributed by atoms with Crippen LogP contribution in [0.5, 0.6) is 11.5 Å². The molecule has 1 aromatic carbocycles. The second-order valence-corrected chi connectivity index (χ2v) is 4.10. The largest absolute Gasteiger partial charge is 0.496 e. The van der Waals surface area contributed by atoms with Crippen LogP contribution in [0.1, 0.15) is 11.6 Å². The number of nitrogens with two attached hydrogens (primary N) is 1. The minimum absolute atomic E-state index is 0.0579. The van der Waals surface area contributed by atoms with Crippen LogP contribution >= 0.6 is 15.9 Å². The van der Waals surface area contributed by atoms with Gasteiger partial charge in [0, 0.05) is 5.56 Å². The first kappa shape index (κ1) is 14.1. The van der Waals surface area contributed by atoms with E-state index >= 15 is 0 Å². The predicted molar refractivity (Wildman–Crippen MR) is 60.2 cm³/mol. The van der Waals surface area contributed by atoms with Crippen LogP contribution in [0.15, 0.2) is 16.6 Å². The second-order valence-electron chi connectivity index (χ2n) is 3.25. The first-order valence-electron chi connectivity index (χ1n) is 4.55. The summed E-state index contributed by atoms with van der Waals surface area (Å²) in [5.41, 5.74) is 4.98. The fourth-order valence-electron chi connectivity index (χ4n) is 1.30. The minimum atomic E-state index is -4.54. The Kier molecular flexibility index (Phi) is 4.26. The molecule has 17 heavy (non-hydrogen) atoms. The van der Waals surface area contributed by atoms with E-state index < -0.39 is 12.2 Å². The molecule has 0 aliphatic rings. The molecule has 3 nitrogen and oxygen atoms in total. The van der Waals surface area contributed by atoms with Gasteiger partial charge in [-0.05, 0) is 28.1 Å². The molecule has 7 heteroatoms. The third-order valence-corrected chi connectivity index (χ3v) is 2.81. The predicted octanol–water partition coefficient (Wildman–Crippen LogP) is 3.03. The number of benzene rings is 1. The molecule has 1 atom stereocenters. The van der Waals surface area contributed by atoms with Crippen molar-refractivity contribution >= 4 is 15.9 Å². The lowest BCUT2D eigenvalue weighted by Gasteiger charge is -2.19. The van der Waals surface area contributed by atoms with E-state index in [1.54, 1.807) is 0 Å². The van der Waals surface area contributed by atoms with Gasteiger partial charge in [-0.15, -0.1) is 0 Å². The van der Waals surface area contributed by atoms with Crippen LogP contribution in [0.2, 0.25) is 0 Å². The molecule has 0 amide bonds. The Morgan fingerprint density at radius 2 is 1.71 bits per heavy atom. The molecule has 0 aliphatic carbocycles. The van der Waals surface area contributed by atoms with Gasteiger partial charge in [0.15, 0.2) is 0 Å². The standard InChI is InChI=1S/C10H11BrF3NO2/c1-16-7-4-6(11)8(17-2)3-5(7)9(15)10(12,13)14/h3-4,9H,15H2,1-2H3/t9-/m0/s1. The van der Waals surface area contributed by atoms with Gasteiger partial charge in [0.05, 0.1) is 18.7 Å². The van der Waals surface area contributed by atoms with Crippen molar-refractivity contribution < 1.29 is 22.6 Å². The molecule has 0 heterocycles.